The fraction of sp³-hybridized carbons (Fsp3) is 0.600. The van der Waals surface area contributed by atoms with Gasteiger partial charge in [0.05, 0.1) is 6.61 Å². The number of fused-ring (bicyclic) bond motifs is 1. The summed E-state index contributed by atoms with van der Waals surface area (Å²) in [6.07, 6.45) is 3.39. The molecule has 2 atom stereocenters. The third kappa shape index (κ3) is 2.76. The van der Waals surface area contributed by atoms with E-state index in [1.165, 1.54) is 5.56 Å². The zero-order valence-corrected chi connectivity index (χ0v) is 11.2. The number of rotatable bonds is 4. The van der Waals surface area contributed by atoms with Crippen LogP contribution in [-0.4, -0.2) is 25.9 Å². The fourth-order valence-corrected chi connectivity index (χ4v) is 3.21. The average molecular weight is 262 g/mol. The molecule has 2 heterocycles. The Balaban J connectivity index is 1.69. The summed E-state index contributed by atoms with van der Waals surface area (Å²) in [5.41, 5.74) is 4.30. The van der Waals surface area contributed by atoms with E-state index in [1.807, 2.05) is 12.1 Å². The second kappa shape index (κ2) is 5.90. The van der Waals surface area contributed by atoms with E-state index in [2.05, 4.69) is 17.6 Å². The lowest BCUT2D eigenvalue weighted by molar-refractivity contribution is 0.0590. The molecule has 0 saturated carbocycles. The number of ether oxygens (including phenoxy) is 2. The standard InChI is InChI=1S/C15H22N2O2/c16-17-14(9-11-5-7-18-8-6-11)13-10-19-15-4-2-1-3-12(13)15/h1-4,11,13-14,17H,5-10,16H2. The molecule has 0 spiro atoms. The SMILES string of the molecule is NNC(CC1CCOCC1)C1COc2ccccc21. The highest BCUT2D eigenvalue weighted by Gasteiger charge is 2.32. The second-order valence-electron chi connectivity index (χ2n) is 5.52. The van der Waals surface area contributed by atoms with Crippen LogP contribution in [0.1, 0.15) is 30.7 Å². The van der Waals surface area contributed by atoms with E-state index in [0.717, 1.165) is 44.8 Å². The molecule has 1 fully saturated rings. The van der Waals surface area contributed by atoms with Gasteiger partial charge >= 0.3 is 0 Å². The molecule has 2 unspecified atom stereocenters. The van der Waals surface area contributed by atoms with E-state index in [0.29, 0.717) is 11.8 Å². The Hall–Kier alpha value is -1.10. The van der Waals surface area contributed by atoms with Crippen LogP contribution in [0, 0.1) is 5.92 Å². The summed E-state index contributed by atoms with van der Waals surface area (Å²) in [4.78, 5) is 0. The maximum atomic E-state index is 5.79. The van der Waals surface area contributed by atoms with Gasteiger partial charge in [0.15, 0.2) is 0 Å². The van der Waals surface area contributed by atoms with Crippen LogP contribution in [0.4, 0.5) is 0 Å². The van der Waals surface area contributed by atoms with E-state index >= 15 is 0 Å². The zero-order valence-electron chi connectivity index (χ0n) is 11.2. The number of benzene rings is 1. The minimum absolute atomic E-state index is 0.284. The fourth-order valence-electron chi connectivity index (χ4n) is 3.21. The van der Waals surface area contributed by atoms with E-state index in [-0.39, 0.29) is 6.04 Å². The Labute approximate surface area is 114 Å². The summed E-state index contributed by atoms with van der Waals surface area (Å²) in [6, 6.07) is 8.57. The van der Waals surface area contributed by atoms with Crippen LogP contribution < -0.4 is 16.0 Å². The molecule has 19 heavy (non-hydrogen) atoms. The van der Waals surface area contributed by atoms with Crippen LogP contribution >= 0.6 is 0 Å². The largest absolute Gasteiger partial charge is 0.493 e. The zero-order chi connectivity index (χ0) is 13.1. The van der Waals surface area contributed by atoms with Gasteiger partial charge in [0.2, 0.25) is 0 Å². The molecule has 0 bridgehead atoms. The van der Waals surface area contributed by atoms with Crippen molar-refractivity contribution in [2.45, 2.75) is 31.2 Å². The first-order valence-electron chi connectivity index (χ1n) is 7.14. The molecule has 1 aromatic rings. The van der Waals surface area contributed by atoms with E-state index in [1.54, 1.807) is 0 Å². The van der Waals surface area contributed by atoms with Gasteiger partial charge in [-0.1, -0.05) is 18.2 Å². The first-order chi connectivity index (χ1) is 9.38. The van der Waals surface area contributed by atoms with Crippen LogP contribution in [0.5, 0.6) is 5.75 Å². The van der Waals surface area contributed by atoms with Gasteiger partial charge < -0.3 is 9.47 Å². The smallest absolute Gasteiger partial charge is 0.122 e. The number of hydrogen-bond donors (Lipinski definition) is 2. The highest BCUT2D eigenvalue weighted by Crippen LogP contribution is 2.37. The monoisotopic (exact) mass is 262 g/mol. The highest BCUT2D eigenvalue weighted by atomic mass is 16.5. The highest BCUT2D eigenvalue weighted by molar-refractivity contribution is 5.40. The number of nitrogens with two attached hydrogens (primary N) is 1. The van der Waals surface area contributed by atoms with Crippen molar-refractivity contribution in [2.24, 2.45) is 11.8 Å². The summed E-state index contributed by atoms with van der Waals surface area (Å²) in [7, 11) is 0. The molecule has 2 aliphatic rings. The van der Waals surface area contributed by atoms with Crippen molar-refractivity contribution < 1.29 is 9.47 Å². The summed E-state index contributed by atoms with van der Waals surface area (Å²) in [6.45, 7) is 2.51. The molecule has 0 aromatic heterocycles. The Morgan fingerprint density at radius 3 is 2.84 bits per heavy atom. The lowest BCUT2D eigenvalue weighted by Gasteiger charge is -2.29. The van der Waals surface area contributed by atoms with Gasteiger partial charge in [0, 0.05) is 30.7 Å². The Kier molecular flexibility index (Phi) is 4.01. The van der Waals surface area contributed by atoms with Gasteiger partial charge in [0.1, 0.15) is 5.75 Å². The molecule has 2 aliphatic heterocycles. The molecule has 4 nitrogen and oxygen atoms in total. The molecule has 0 amide bonds. The molecule has 1 aromatic carbocycles. The van der Waals surface area contributed by atoms with E-state index < -0.39 is 0 Å². The predicted octanol–water partition coefficient (Wildman–Crippen LogP) is 1.81. The summed E-state index contributed by atoms with van der Waals surface area (Å²) >= 11 is 0. The summed E-state index contributed by atoms with van der Waals surface area (Å²) < 4.78 is 11.2. The third-order valence-electron chi connectivity index (χ3n) is 4.36. The summed E-state index contributed by atoms with van der Waals surface area (Å²) in [5.74, 6) is 7.88. The molecular formula is C15H22N2O2. The van der Waals surface area contributed by atoms with Crippen LogP contribution in [0.15, 0.2) is 24.3 Å². The quantitative estimate of drug-likeness (QED) is 0.642. The Bertz CT molecular complexity index is 418. The number of nitrogens with one attached hydrogen (secondary N) is 1. The van der Waals surface area contributed by atoms with Crippen molar-refractivity contribution in [1.82, 2.24) is 5.43 Å². The van der Waals surface area contributed by atoms with Crippen molar-refractivity contribution in [3.05, 3.63) is 29.8 Å². The van der Waals surface area contributed by atoms with Gasteiger partial charge in [0.25, 0.3) is 0 Å². The first kappa shape index (κ1) is 12.9. The van der Waals surface area contributed by atoms with E-state index in [9.17, 15) is 0 Å². The van der Waals surface area contributed by atoms with Crippen molar-refractivity contribution >= 4 is 0 Å². The van der Waals surface area contributed by atoms with Crippen LogP contribution in [0.25, 0.3) is 0 Å². The number of para-hydroxylation sites is 1. The normalized spacial score (nSPS) is 24.8. The van der Waals surface area contributed by atoms with Crippen LogP contribution in [0.3, 0.4) is 0 Å². The van der Waals surface area contributed by atoms with E-state index in [4.69, 9.17) is 15.3 Å². The lowest BCUT2D eigenvalue weighted by Crippen LogP contribution is -2.42. The predicted molar refractivity (Wildman–Crippen MR) is 73.9 cm³/mol. The van der Waals surface area contributed by atoms with Gasteiger partial charge in [-0.05, 0) is 31.2 Å². The average Bonchev–Trinajstić information content (AvgIpc) is 2.90. The van der Waals surface area contributed by atoms with Gasteiger partial charge in [-0.25, -0.2) is 0 Å². The molecule has 4 heteroatoms. The maximum Gasteiger partial charge on any atom is 0.122 e. The van der Waals surface area contributed by atoms with Crippen molar-refractivity contribution in [2.75, 3.05) is 19.8 Å². The van der Waals surface area contributed by atoms with Crippen LogP contribution in [0.2, 0.25) is 0 Å². The van der Waals surface area contributed by atoms with Crippen LogP contribution in [-0.2, 0) is 4.74 Å². The topological polar surface area (TPSA) is 56.5 Å². The van der Waals surface area contributed by atoms with Crippen molar-refractivity contribution in [3.63, 3.8) is 0 Å². The lowest BCUT2D eigenvalue weighted by atomic mass is 9.84. The molecule has 1 saturated heterocycles. The van der Waals surface area contributed by atoms with Gasteiger partial charge in [-0.15, -0.1) is 0 Å². The van der Waals surface area contributed by atoms with Gasteiger partial charge in [-0.3, -0.25) is 11.3 Å². The Morgan fingerprint density at radius 1 is 1.26 bits per heavy atom. The summed E-state index contributed by atoms with van der Waals surface area (Å²) in [5, 5.41) is 0. The maximum absolute atomic E-state index is 5.79. The Morgan fingerprint density at radius 2 is 2.05 bits per heavy atom. The molecular weight excluding hydrogens is 240 g/mol. The molecule has 3 rings (SSSR count). The minimum Gasteiger partial charge on any atom is -0.493 e. The van der Waals surface area contributed by atoms with Crippen molar-refractivity contribution in [1.29, 1.82) is 0 Å². The molecule has 3 N–H and O–H groups in total. The van der Waals surface area contributed by atoms with Crippen molar-refractivity contribution in [3.8, 4) is 5.75 Å². The minimum atomic E-state index is 0.284. The van der Waals surface area contributed by atoms with Gasteiger partial charge in [-0.2, -0.15) is 0 Å². The number of hydrogen-bond acceptors (Lipinski definition) is 4. The number of hydrazine groups is 1. The molecule has 0 aliphatic carbocycles. The molecule has 0 radical (unpaired) electrons. The first-order valence-corrected chi connectivity index (χ1v) is 7.14. The second-order valence-corrected chi connectivity index (χ2v) is 5.52. The third-order valence-corrected chi connectivity index (χ3v) is 4.36. The molecule has 104 valence electrons.